The molecule has 0 N–H and O–H groups in total. The predicted molar refractivity (Wildman–Crippen MR) is 128 cm³/mol. The average molecular weight is 716 g/mol. The van der Waals surface area contributed by atoms with Crippen LogP contribution in [0, 0.1) is 0 Å². The molecule has 0 radical (unpaired) electrons. The highest BCUT2D eigenvalue weighted by atomic mass is 19.4. The van der Waals surface area contributed by atoms with E-state index in [-0.39, 0.29) is 11.4 Å². The predicted octanol–water partition coefficient (Wildman–Crippen LogP) is 9.61. The summed E-state index contributed by atoms with van der Waals surface area (Å²) in [5.41, 5.74) is 1.03. The maximum Gasteiger partial charge on any atom is 0.460 e. The fraction of sp³-hybridized carbons (Fsp3) is 0.615. The van der Waals surface area contributed by atoms with Gasteiger partial charge in [-0.2, -0.15) is 65.9 Å². The van der Waals surface area contributed by atoms with E-state index < -0.39 is 61.0 Å². The van der Waals surface area contributed by atoms with Gasteiger partial charge in [0, 0.05) is 18.0 Å². The summed E-state index contributed by atoms with van der Waals surface area (Å²) in [5, 5.41) is 0. The van der Waals surface area contributed by atoms with Gasteiger partial charge in [0.25, 0.3) is 0 Å². The van der Waals surface area contributed by atoms with Crippen LogP contribution in [0.5, 0.6) is 5.75 Å². The molecule has 1 atom stereocenters. The zero-order valence-corrected chi connectivity index (χ0v) is 23.7. The number of unbranched alkanes of at least 4 members (excludes halogenated alkanes) is 2. The quantitative estimate of drug-likeness (QED) is 0.114. The fourth-order valence-electron chi connectivity index (χ4n) is 3.50. The lowest BCUT2D eigenvalue weighted by atomic mass is 10.1. The third kappa shape index (κ3) is 9.96. The normalized spacial score (nSPS) is 14.7. The molecule has 0 bridgehead atoms. The van der Waals surface area contributed by atoms with Gasteiger partial charge in [0.05, 0.1) is 6.17 Å². The van der Waals surface area contributed by atoms with Crippen LogP contribution >= 0.6 is 0 Å². The van der Waals surface area contributed by atoms with Crippen molar-refractivity contribution in [3.05, 3.63) is 42.2 Å². The number of aromatic nitrogens is 2. The van der Waals surface area contributed by atoms with Crippen molar-refractivity contribution in [2.45, 2.75) is 94.1 Å². The summed E-state index contributed by atoms with van der Waals surface area (Å²) >= 11 is 0. The smallest absolute Gasteiger partial charge is 0.460 e. The number of hydrogen-bond donors (Lipinski definition) is 0. The molecule has 268 valence electrons. The van der Waals surface area contributed by atoms with E-state index in [0.717, 1.165) is 30.5 Å². The molecule has 2 rings (SSSR count). The van der Waals surface area contributed by atoms with E-state index in [9.17, 15) is 70.2 Å². The summed E-state index contributed by atoms with van der Waals surface area (Å²) in [6, 6.07) is 4.24. The molecule has 2 aromatic rings. The molecule has 0 spiro atoms. The topological polar surface area (TPSA) is 53.5 Å². The molecule has 0 aliphatic rings. The zero-order valence-electron chi connectivity index (χ0n) is 23.7. The Morgan fingerprint density at radius 3 is 1.70 bits per heavy atom. The number of halogens is 16. The van der Waals surface area contributed by atoms with E-state index in [1.165, 1.54) is 24.5 Å². The van der Waals surface area contributed by atoms with Gasteiger partial charge >= 0.3 is 42.5 Å². The number of ether oxygens (including phenoxy) is 3. The Morgan fingerprint density at radius 1 is 0.660 bits per heavy atom. The van der Waals surface area contributed by atoms with Gasteiger partial charge < -0.3 is 4.74 Å². The SMILES string of the molecule is CCC(F)CCCCCc1cnc(-c2ccc(OCC(F)(F)OC(F)(F)C(F)(F)OC(F)(F)C(F)(F)C(F)(F)C(F)(F)F)cc2)nc1. The molecule has 0 amide bonds. The second-order valence-corrected chi connectivity index (χ2v) is 9.87. The van der Waals surface area contributed by atoms with E-state index in [2.05, 4.69) is 19.4 Å². The van der Waals surface area contributed by atoms with Crippen molar-refractivity contribution in [2.75, 3.05) is 6.61 Å². The summed E-state index contributed by atoms with van der Waals surface area (Å²) < 4.78 is 218. The van der Waals surface area contributed by atoms with Crippen molar-refractivity contribution in [1.29, 1.82) is 0 Å². The number of aryl methyl sites for hydroxylation is 1. The largest absolute Gasteiger partial charge is 0.484 e. The zero-order chi connectivity index (χ0) is 36.1. The first-order chi connectivity index (χ1) is 21.3. The third-order valence-corrected chi connectivity index (χ3v) is 6.14. The Balaban J connectivity index is 2.00. The molecule has 1 heterocycles. The standard InChI is InChI=1S/C26H24F16N2O3/c1-2-17(27)7-5-3-4-6-15-12-43-19(44-13-15)16-8-10-18(11-9-16)45-14-20(28,29)46-25(39,40)26(41,42)47-24(37,38)22(32,33)21(30,31)23(34,35)36/h8-13,17H,2-7,14H2,1H3. The minimum absolute atomic E-state index is 0.134. The lowest BCUT2D eigenvalue weighted by Crippen LogP contribution is -2.64. The second kappa shape index (κ2) is 14.6. The monoisotopic (exact) mass is 716 g/mol. The van der Waals surface area contributed by atoms with Crippen LogP contribution in [0.15, 0.2) is 36.7 Å². The van der Waals surface area contributed by atoms with Gasteiger partial charge in [0.2, 0.25) is 0 Å². The van der Waals surface area contributed by atoms with E-state index in [4.69, 9.17) is 0 Å². The van der Waals surface area contributed by atoms with Crippen molar-refractivity contribution in [3.8, 4) is 17.1 Å². The minimum atomic E-state index is -7.93. The summed E-state index contributed by atoms with van der Waals surface area (Å²) in [4.78, 5) is 8.24. The summed E-state index contributed by atoms with van der Waals surface area (Å²) in [5.74, 6) is -16.2. The van der Waals surface area contributed by atoms with E-state index in [1.54, 1.807) is 11.7 Å². The molecular formula is C26H24F16N2O3. The van der Waals surface area contributed by atoms with Crippen LogP contribution in [-0.4, -0.2) is 65.2 Å². The van der Waals surface area contributed by atoms with Gasteiger partial charge in [-0.1, -0.05) is 19.8 Å². The highest BCUT2D eigenvalue weighted by Crippen LogP contribution is 2.56. The van der Waals surface area contributed by atoms with Gasteiger partial charge in [0.1, 0.15) is 5.75 Å². The van der Waals surface area contributed by atoms with Crippen molar-refractivity contribution < 1.29 is 84.5 Å². The first-order valence-electron chi connectivity index (χ1n) is 13.2. The number of benzene rings is 1. The minimum Gasteiger partial charge on any atom is -0.484 e. The van der Waals surface area contributed by atoms with Gasteiger partial charge in [-0.15, -0.1) is 0 Å². The third-order valence-electron chi connectivity index (χ3n) is 6.14. The number of hydrogen-bond acceptors (Lipinski definition) is 5. The Bertz CT molecular complexity index is 1270. The van der Waals surface area contributed by atoms with Crippen LogP contribution in [0.25, 0.3) is 11.4 Å². The molecule has 5 nitrogen and oxygen atoms in total. The molecular weight excluding hydrogens is 692 g/mol. The van der Waals surface area contributed by atoms with Gasteiger partial charge in [0.15, 0.2) is 12.4 Å². The highest BCUT2D eigenvalue weighted by molar-refractivity contribution is 5.55. The molecule has 47 heavy (non-hydrogen) atoms. The van der Waals surface area contributed by atoms with Crippen molar-refractivity contribution >= 4 is 0 Å². The molecule has 0 aliphatic carbocycles. The Labute approximate surface area is 255 Å². The van der Waals surface area contributed by atoms with E-state index >= 15 is 0 Å². The lowest BCUT2D eigenvalue weighted by Gasteiger charge is -2.36. The highest BCUT2D eigenvalue weighted by Gasteiger charge is 2.85. The maximum absolute atomic E-state index is 13.9. The molecule has 0 fully saturated rings. The summed E-state index contributed by atoms with van der Waals surface area (Å²) in [6.45, 7) is -0.622. The van der Waals surface area contributed by atoms with Crippen LogP contribution < -0.4 is 4.74 Å². The molecule has 0 saturated carbocycles. The lowest BCUT2D eigenvalue weighted by molar-refractivity contribution is -0.542. The molecule has 1 aromatic heterocycles. The van der Waals surface area contributed by atoms with Crippen LogP contribution in [0.3, 0.4) is 0 Å². The van der Waals surface area contributed by atoms with Gasteiger partial charge in [-0.05, 0) is 55.5 Å². The molecule has 0 aliphatic heterocycles. The van der Waals surface area contributed by atoms with E-state index in [1.807, 2.05) is 0 Å². The first-order valence-corrected chi connectivity index (χ1v) is 13.2. The van der Waals surface area contributed by atoms with Crippen LogP contribution in [0.4, 0.5) is 70.2 Å². The van der Waals surface area contributed by atoms with Gasteiger partial charge in [-0.25, -0.2) is 23.8 Å². The number of rotatable bonds is 18. The molecule has 0 saturated heterocycles. The molecule has 1 unspecified atom stereocenters. The summed E-state index contributed by atoms with van der Waals surface area (Å²) in [6.07, 6.45) is -29.3. The van der Waals surface area contributed by atoms with Crippen LogP contribution in [-0.2, 0) is 15.9 Å². The van der Waals surface area contributed by atoms with Crippen molar-refractivity contribution in [1.82, 2.24) is 9.97 Å². The van der Waals surface area contributed by atoms with Gasteiger partial charge in [-0.3, -0.25) is 0 Å². The Morgan fingerprint density at radius 2 is 1.19 bits per heavy atom. The van der Waals surface area contributed by atoms with Crippen molar-refractivity contribution in [2.24, 2.45) is 0 Å². The van der Waals surface area contributed by atoms with Crippen LogP contribution in [0.1, 0.15) is 44.6 Å². The number of nitrogens with zero attached hydrogens (tertiary/aromatic N) is 2. The second-order valence-electron chi connectivity index (χ2n) is 9.87. The first kappa shape index (κ1) is 40.1. The molecule has 21 heteroatoms. The average Bonchev–Trinajstić information content (AvgIpc) is 2.94. The van der Waals surface area contributed by atoms with Crippen molar-refractivity contribution in [3.63, 3.8) is 0 Å². The Hall–Kier alpha value is -3.10. The maximum atomic E-state index is 13.9. The fourth-order valence-corrected chi connectivity index (χ4v) is 3.50. The Kier molecular flexibility index (Phi) is 12.4. The summed E-state index contributed by atoms with van der Waals surface area (Å²) in [7, 11) is 0. The number of alkyl halides is 16. The van der Waals surface area contributed by atoms with E-state index in [0.29, 0.717) is 25.7 Å². The van der Waals surface area contributed by atoms with Crippen LogP contribution in [0.2, 0.25) is 0 Å². The molecule has 1 aromatic carbocycles.